The maximum atomic E-state index is 14.2. The number of hydrogen-bond acceptors (Lipinski definition) is 7. The first-order chi connectivity index (χ1) is 29.0. The molecule has 1 aromatic heterocycles. The molecule has 60 heavy (non-hydrogen) atoms. The van der Waals surface area contributed by atoms with Gasteiger partial charge in [0.25, 0.3) is 5.91 Å². The number of aliphatic carboxylic acids is 1. The Balaban J connectivity index is 0.981. The predicted molar refractivity (Wildman–Crippen MR) is 229 cm³/mol. The largest absolute Gasteiger partial charge is 0.489 e. The van der Waals surface area contributed by atoms with Crippen LogP contribution in [0.25, 0.3) is 11.1 Å². The van der Waals surface area contributed by atoms with Crippen LogP contribution in [0.1, 0.15) is 55.5 Å². The maximum Gasteiger partial charge on any atom is 0.326 e. The van der Waals surface area contributed by atoms with Crippen molar-refractivity contribution in [3.63, 3.8) is 0 Å². The van der Waals surface area contributed by atoms with Gasteiger partial charge in [-0.05, 0) is 113 Å². The fourth-order valence-electron chi connectivity index (χ4n) is 7.56. The van der Waals surface area contributed by atoms with E-state index in [0.29, 0.717) is 39.5 Å². The van der Waals surface area contributed by atoms with Gasteiger partial charge in [0.15, 0.2) is 17.6 Å². The Labute approximate surface area is 357 Å². The first-order valence-electron chi connectivity index (χ1n) is 19.5. The van der Waals surface area contributed by atoms with Crippen LogP contribution in [-0.2, 0) is 35.6 Å². The molecule has 2 aliphatic heterocycles. The fourth-order valence-corrected chi connectivity index (χ4v) is 7.88. The number of fused-ring (bicyclic) bond motifs is 2. The molecule has 0 bridgehead atoms. The van der Waals surface area contributed by atoms with Crippen molar-refractivity contribution in [3.8, 4) is 28.4 Å². The number of amides is 2. The van der Waals surface area contributed by atoms with E-state index in [4.69, 9.17) is 37.4 Å². The minimum Gasteiger partial charge on any atom is -0.489 e. The molecule has 0 saturated heterocycles. The van der Waals surface area contributed by atoms with Crippen LogP contribution < -0.4 is 19.5 Å². The van der Waals surface area contributed by atoms with Crippen molar-refractivity contribution < 1.29 is 33.7 Å². The highest BCUT2D eigenvalue weighted by Crippen LogP contribution is 2.41. The predicted octanol–water partition coefficient (Wildman–Crippen LogP) is 9.14. The summed E-state index contributed by atoms with van der Waals surface area (Å²) in [7, 11) is 0. The van der Waals surface area contributed by atoms with Crippen LogP contribution in [0.3, 0.4) is 0 Å². The standard InChI is InChI=1S/C48H41Cl2N3O7/c1-28-29(2)51-19-18-38(28)32-11-8-30(9-12-32)21-41(48(56)57)52-46(54)42-22-35-23-43-44(24-36(35)25-53(42)47(55)34-6-4-3-5-7-34)60-45(27-59-43)33-13-15-37(16-14-33)58-26-31-10-17-39(49)40(50)20-31/h3-20,23-24,41-42,45H,21-22,25-27H2,1-2H3,(H,52,54)(H,56,57). The number of halogens is 2. The summed E-state index contributed by atoms with van der Waals surface area (Å²) in [5.41, 5.74) is 8.58. The minimum absolute atomic E-state index is 0.0555. The lowest BCUT2D eigenvalue weighted by Gasteiger charge is -2.37. The minimum atomic E-state index is -1.23. The Morgan fingerprint density at radius 3 is 2.33 bits per heavy atom. The number of carboxylic acids is 1. The average molecular weight is 843 g/mol. The van der Waals surface area contributed by atoms with E-state index < -0.39 is 30.1 Å². The summed E-state index contributed by atoms with van der Waals surface area (Å²) >= 11 is 12.2. The molecule has 3 unspecified atom stereocenters. The van der Waals surface area contributed by atoms with Gasteiger partial charge in [-0.15, -0.1) is 0 Å². The van der Waals surface area contributed by atoms with Crippen LogP contribution in [0, 0.1) is 13.8 Å². The number of carboxylic acid groups (broad SMARTS) is 1. The van der Waals surface area contributed by atoms with Gasteiger partial charge in [-0.1, -0.05) is 83.9 Å². The van der Waals surface area contributed by atoms with Crippen molar-refractivity contribution >= 4 is 41.0 Å². The Morgan fingerprint density at radius 1 is 0.867 bits per heavy atom. The second-order valence-electron chi connectivity index (χ2n) is 15.0. The van der Waals surface area contributed by atoms with Crippen LogP contribution >= 0.6 is 23.2 Å². The van der Waals surface area contributed by atoms with E-state index in [-0.39, 0.29) is 31.9 Å². The highest BCUT2D eigenvalue weighted by molar-refractivity contribution is 6.42. The Morgan fingerprint density at radius 2 is 1.60 bits per heavy atom. The van der Waals surface area contributed by atoms with Crippen molar-refractivity contribution in [1.82, 2.24) is 15.2 Å². The summed E-state index contributed by atoms with van der Waals surface area (Å²) in [6.07, 6.45) is 1.56. The molecule has 5 aromatic carbocycles. The molecule has 0 saturated carbocycles. The summed E-state index contributed by atoms with van der Waals surface area (Å²) < 4.78 is 18.6. The number of hydrogen-bond donors (Lipinski definition) is 2. The Hall–Kier alpha value is -6.36. The third-order valence-corrected chi connectivity index (χ3v) is 11.8. The molecule has 2 amide bonds. The van der Waals surface area contributed by atoms with E-state index in [0.717, 1.165) is 50.2 Å². The molecule has 8 rings (SSSR count). The number of nitrogens with zero attached hydrogens (tertiary/aromatic N) is 2. The third-order valence-electron chi connectivity index (χ3n) is 11.1. The molecular formula is C48H41Cl2N3O7. The second-order valence-corrected chi connectivity index (χ2v) is 15.8. The molecule has 6 aromatic rings. The van der Waals surface area contributed by atoms with Crippen LogP contribution in [-0.4, -0.2) is 51.5 Å². The van der Waals surface area contributed by atoms with Gasteiger partial charge in [0, 0.05) is 36.8 Å². The number of benzene rings is 5. The summed E-state index contributed by atoms with van der Waals surface area (Å²) in [5.74, 6) is -0.363. The van der Waals surface area contributed by atoms with Gasteiger partial charge in [-0.25, -0.2) is 4.79 Å². The summed E-state index contributed by atoms with van der Waals surface area (Å²) in [6, 6.07) is 32.8. The van der Waals surface area contributed by atoms with E-state index >= 15 is 0 Å². The highest BCUT2D eigenvalue weighted by atomic mass is 35.5. The Bertz CT molecular complexity index is 2570. The van der Waals surface area contributed by atoms with E-state index in [9.17, 15) is 19.5 Å². The zero-order chi connectivity index (χ0) is 41.9. The number of nitrogens with one attached hydrogen (secondary N) is 1. The number of aromatic nitrogens is 1. The van der Waals surface area contributed by atoms with Gasteiger partial charge < -0.3 is 29.5 Å². The van der Waals surface area contributed by atoms with E-state index in [1.807, 2.05) is 92.7 Å². The molecule has 0 spiro atoms. The van der Waals surface area contributed by atoms with Gasteiger partial charge >= 0.3 is 5.97 Å². The number of pyridine rings is 1. The van der Waals surface area contributed by atoms with Crippen molar-refractivity contribution in [2.75, 3.05) is 6.61 Å². The van der Waals surface area contributed by atoms with Crippen molar-refractivity contribution in [1.29, 1.82) is 0 Å². The lowest BCUT2D eigenvalue weighted by Crippen LogP contribution is -2.56. The van der Waals surface area contributed by atoms with Crippen LogP contribution in [0.2, 0.25) is 10.0 Å². The van der Waals surface area contributed by atoms with Crippen LogP contribution in [0.4, 0.5) is 0 Å². The molecule has 3 heterocycles. The van der Waals surface area contributed by atoms with E-state index in [1.165, 1.54) is 4.90 Å². The molecule has 12 heteroatoms. The lowest BCUT2D eigenvalue weighted by atomic mass is 9.91. The van der Waals surface area contributed by atoms with Gasteiger partial charge in [0.05, 0.1) is 10.0 Å². The molecule has 2 aliphatic rings. The van der Waals surface area contributed by atoms with Crippen LogP contribution in [0.15, 0.2) is 121 Å². The van der Waals surface area contributed by atoms with E-state index in [1.54, 1.807) is 42.6 Å². The van der Waals surface area contributed by atoms with Crippen molar-refractivity contribution in [2.24, 2.45) is 0 Å². The molecule has 304 valence electrons. The molecular weight excluding hydrogens is 801 g/mol. The molecule has 0 radical (unpaired) electrons. The lowest BCUT2D eigenvalue weighted by molar-refractivity contribution is -0.142. The SMILES string of the molecule is Cc1nccc(-c2ccc(CC(NC(=O)C3Cc4cc5c(cc4CN3C(=O)c3ccccc3)OC(c3ccc(OCc4ccc(Cl)c(Cl)c4)cc3)CO5)C(=O)O)cc2)c1C. The number of carbonyl (C=O) groups excluding carboxylic acids is 2. The van der Waals surface area contributed by atoms with Crippen LogP contribution in [0.5, 0.6) is 17.2 Å². The van der Waals surface area contributed by atoms with Crippen molar-refractivity contribution in [3.05, 3.63) is 176 Å². The first kappa shape index (κ1) is 40.4. The van der Waals surface area contributed by atoms with Gasteiger partial charge in [-0.3, -0.25) is 14.6 Å². The first-order valence-corrected chi connectivity index (χ1v) is 20.3. The zero-order valence-electron chi connectivity index (χ0n) is 32.9. The van der Waals surface area contributed by atoms with Gasteiger partial charge in [0.1, 0.15) is 31.0 Å². The zero-order valence-corrected chi connectivity index (χ0v) is 34.4. The summed E-state index contributed by atoms with van der Waals surface area (Å²) in [5, 5.41) is 14.0. The molecule has 2 N–H and O–H groups in total. The number of carbonyl (C=O) groups is 3. The monoisotopic (exact) mass is 841 g/mol. The Kier molecular flexibility index (Phi) is 11.8. The third kappa shape index (κ3) is 8.80. The number of ether oxygens (including phenoxy) is 3. The molecule has 3 atom stereocenters. The smallest absolute Gasteiger partial charge is 0.326 e. The van der Waals surface area contributed by atoms with Crippen molar-refractivity contribution in [2.45, 2.75) is 58.0 Å². The normalized spacial score (nSPS) is 16.0. The highest BCUT2D eigenvalue weighted by Gasteiger charge is 2.38. The number of aryl methyl sites for hydroxylation is 1. The maximum absolute atomic E-state index is 14.2. The van der Waals surface area contributed by atoms with Gasteiger partial charge in [0.2, 0.25) is 5.91 Å². The fraction of sp³-hybridized carbons (Fsp3) is 0.208. The molecule has 10 nitrogen and oxygen atoms in total. The molecule has 0 fully saturated rings. The summed E-state index contributed by atoms with van der Waals surface area (Å²) in [6.45, 7) is 4.65. The quantitative estimate of drug-likeness (QED) is 0.132. The summed E-state index contributed by atoms with van der Waals surface area (Å²) in [4.78, 5) is 46.7. The number of rotatable bonds is 11. The topological polar surface area (TPSA) is 127 Å². The second kappa shape index (κ2) is 17.5. The average Bonchev–Trinajstić information content (AvgIpc) is 3.26. The van der Waals surface area contributed by atoms with E-state index in [2.05, 4.69) is 10.3 Å². The molecule has 0 aliphatic carbocycles. The van der Waals surface area contributed by atoms with Gasteiger partial charge in [-0.2, -0.15) is 0 Å².